The summed E-state index contributed by atoms with van der Waals surface area (Å²) in [7, 11) is 0. The highest BCUT2D eigenvalue weighted by atomic mass is 16.5. The molecule has 132 valence electrons. The summed E-state index contributed by atoms with van der Waals surface area (Å²) in [5.74, 6) is 1.04. The smallest absolute Gasteiger partial charge is 0.128 e. The van der Waals surface area contributed by atoms with E-state index >= 15 is 0 Å². The number of nitrogens with one attached hydrogen (secondary N) is 1. The molecule has 0 bridgehead atoms. The molecule has 1 saturated heterocycles. The van der Waals surface area contributed by atoms with Gasteiger partial charge >= 0.3 is 0 Å². The third-order valence-electron chi connectivity index (χ3n) is 5.34. The standard InChI is InChI=1S/C21H27N3O/c1-16(18-7-6-17-4-2-3-5-19(17)14-18)23-20-8-9-21(22-15-20)24-10-12-25-13-11-24/h6-9,14-16,23H,2-5,10-13H2,1H3. The normalized spacial score (nSPS) is 18.5. The summed E-state index contributed by atoms with van der Waals surface area (Å²) >= 11 is 0. The lowest BCUT2D eigenvalue weighted by molar-refractivity contribution is 0.122. The Hall–Kier alpha value is -2.07. The van der Waals surface area contributed by atoms with Gasteiger partial charge in [0.05, 0.1) is 25.1 Å². The molecule has 1 fully saturated rings. The summed E-state index contributed by atoms with van der Waals surface area (Å²) in [6.07, 6.45) is 7.07. The maximum atomic E-state index is 5.40. The molecule has 25 heavy (non-hydrogen) atoms. The lowest BCUT2D eigenvalue weighted by atomic mass is 9.89. The van der Waals surface area contributed by atoms with Gasteiger partial charge in [-0.05, 0) is 61.4 Å². The summed E-state index contributed by atoms with van der Waals surface area (Å²) < 4.78 is 5.40. The summed E-state index contributed by atoms with van der Waals surface area (Å²) in [5, 5.41) is 3.59. The first-order valence-corrected chi connectivity index (χ1v) is 9.46. The molecule has 0 amide bonds. The van der Waals surface area contributed by atoms with Crippen LogP contribution < -0.4 is 10.2 Å². The zero-order valence-electron chi connectivity index (χ0n) is 15.0. The zero-order chi connectivity index (χ0) is 17.1. The molecule has 4 heteroatoms. The van der Waals surface area contributed by atoms with Crippen LogP contribution in [0.5, 0.6) is 0 Å². The Labute approximate surface area is 150 Å². The van der Waals surface area contributed by atoms with Crippen LogP contribution in [0.15, 0.2) is 36.5 Å². The fourth-order valence-electron chi connectivity index (χ4n) is 3.81. The first kappa shape index (κ1) is 16.4. The van der Waals surface area contributed by atoms with Crippen molar-refractivity contribution in [2.24, 2.45) is 0 Å². The highest BCUT2D eigenvalue weighted by molar-refractivity contribution is 5.50. The van der Waals surface area contributed by atoms with Crippen LogP contribution in [0.2, 0.25) is 0 Å². The first-order chi connectivity index (χ1) is 12.3. The predicted octanol–water partition coefficient (Wildman–Crippen LogP) is 3.97. The zero-order valence-corrected chi connectivity index (χ0v) is 15.0. The molecule has 0 radical (unpaired) electrons. The number of fused-ring (bicyclic) bond motifs is 1. The Bertz CT molecular complexity index is 708. The Balaban J connectivity index is 1.42. The molecule has 2 aliphatic rings. The maximum absolute atomic E-state index is 5.40. The molecule has 4 nitrogen and oxygen atoms in total. The number of pyridine rings is 1. The minimum Gasteiger partial charge on any atom is -0.378 e. The SMILES string of the molecule is CC(Nc1ccc(N2CCOCC2)nc1)c1ccc2c(c1)CCCC2. The van der Waals surface area contributed by atoms with Crippen LogP contribution in [0, 0.1) is 0 Å². The molecule has 2 aromatic rings. The third-order valence-corrected chi connectivity index (χ3v) is 5.34. The van der Waals surface area contributed by atoms with Crippen molar-refractivity contribution < 1.29 is 4.74 Å². The van der Waals surface area contributed by atoms with E-state index in [-0.39, 0.29) is 6.04 Å². The first-order valence-electron chi connectivity index (χ1n) is 9.46. The number of aryl methyl sites for hydroxylation is 2. The van der Waals surface area contributed by atoms with Crippen LogP contribution in [0.3, 0.4) is 0 Å². The monoisotopic (exact) mass is 337 g/mol. The fourth-order valence-corrected chi connectivity index (χ4v) is 3.81. The average molecular weight is 337 g/mol. The van der Waals surface area contributed by atoms with E-state index in [1.54, 1.807) is 5.56 Å². The molecule has 1 aromatic heterocycles. The molecule has 2 heterocycles. The van der Waals surface area contributed by atoms with Crippen LogP contribution in [0.1, 0.15) is 42.5 Å². The Morgan fingerprint density at radius 1 is 1.04 bits per heavy atom. The van der Waals surface area contributed by atoms with Gasteiger partial charge in [0.15, 0.2) is 0 Å². The van der Waals surface area contributed by atoms with Gasteiger partial charge in [0.1, 0.15) is 5.82 Å². The van der Waals surface area contributed by atoms with Gasteiger partial charge in [0.25, 0.3) is 0 Å². The van der Waals surface area contributed by atoms with Gasteiger partial charge in [0, 0.05) is 19.1 Å². The average Bonchev–Trinajstić information content (AvgIpc) is 2.69. The largest absolute Gasteiger partial charge is 0.378 e. The molecular weight excluding hydrogens is 310 g/mol. The number of anilines is 2. The number of nitrogens with zero attached hydrogens (tertiary/aromatic N) is 2. The van der Waals surface area contributed by atoms with Gasteiger partial charge < -0.3 is 15.0 Å². The number of hydrogen-bond acceptors (Lipinski definition) is 4. The predicted molar refractivity (Wildman–Crippen MR) is 102 cm³/mol. The molecule has 0 saturated carbocycles. The summed E-state index contributed by atoms with van der Waals surface area (Å²) in [5.41, 5.74) is 5.51. The Morgan fingerprint density at radius 3 is 2.60 bits per heavy atom. The van der Waals surface area contributed by atoms with Crippen molar-refractivity contribution in [3.05, 3.63) is 53.2 Å². The molecule has 1 unspecified atom stereocenters. The van der Waals surface area contributed by atoms with Crippen LogP contribution in [-0.2, 0) is 17.6 Å². The van der Waals surface area contributed by atoms with Gasteiger partial charge in [0.2, 0.25) is 0 Å². The number of morpholine rings is 1. The van der Waals surface area contributed by atoms with Crippen molar-refractivity contribution in [2.75, 3.05) is 36.5 Å². The van der Waals surface area contributed by atoms with Crippen LogP contribution in [0.4, 0.5) is 11.5 Å². The van der Waals surface area contributed by atoms with Crippen LogP contribution in [0.25, 0.3) is 0 Å². The number of benzene rings is 1. The molecule has 1 aliphatic carbocycles. The quantitative estimate of drug-likeness (QED) is 0.916. The van der Waals surface area contributed by atoms with Crippen LogP contribution in [-0.4, -0.2) is 31.3 Å². The van der Waals surface area contributed by atoms with E-state index in [9.17, 15) is 0 Å². The molecule has 4 rings (SSSR count). The second-order valence-corrected chi connectivity index (χ2v) is 7.11. The van der Waals surface area contributed by atoms with E-state index in [0.717, 1.165) is 37.8 Å². The summed E-state index contributed by atoms with van der Waals surface area (Å²) in [4.78, 5) is 6.91. The summed E-state index contributed by atoms with van der Waals surface area (Å²) in [6.45, 7) is 5.64. The van der Waals surface area contributed by atoms with Crippen molar-refractivity contribution in [3.63, 3.8) is 0 Å². The van der Waals surface area contributed by atoms with Gasteiger partial charge in [-0.3, -0.25) is 0 Å². The second kappa shape index (κ2) is 7.44. The van der Waals surface area contributed by atoms with Crippen molar-refractivity contribution in [1.29, 1.82) is 0 Å². The number of ether oxygens (including phenoxy) is 1. The van der Waals surface area contributed by atoms with Crippen molar-refractivity contribution in [2.45, 2.75) is 38.6 Å². The minimum absolute atomic E-state index is 0.281. The highest BCUT2D eigenvalue weighted by Crippen LogP contribution is 2.26. The second-order valence-electron chi connectivity index (χ2n) is 7.11. The van der Waals surface area contributed by atoms with E-state index in [1.807, 2.05) is 6.20 Å². The molecule has 1 aromatic carbocycles. The number of rotatable bonds is 4. The third kappa shape index (κ3) is 3.79. The van der Waals surface area contributed by atoms with E-state index in [4.69, 9.17) is 4.74 Å². The van der Waals surface area contributed by atoms with E-state index in [2.05, 4.69) is 52.5 Å². The van der Waals surface area contributed by atoms with Gasteiger partial charge in [-0.1, -0.05) is 18.2 Å². The maximum Gasteiger partial charge on any atom is 0.128 e. The topological polar surface area (TPSA) is 37.4 Å². The molecule has 1 aliphatic heterocycles. The lowest BCUT2D eigenvalue weighted by Crippen LogP contribution is -2.36. The van der Waals surface area contributed by atoms with E-state index in [0.29, 0.717) is 0 Å². The van der Waals surface area contributed by atoms with Crippen molar-refractivity contribution in [3.8, 4) is 0 Å². The Morgan fingerprint density at radius 2 is 1.84 bits per heavy atom. The van der Waals surface area contributed by atoms with E-state index in [1.165, 1.54) is 36.8 Å². The highest BCUT2D eigenvalue weighted by Gasteiger charge is 2.14. The lowest BCUT2D eigenvalue weighted by Gasteiger charge is -2.28. The molecule has 1 N–H and O–H groups in total. The van der Waals surface area contributed by atoms with Gasteiger partial charge in [-0.15, -0.1) is 0 Å². The molecule has 0 spiro atoms. The van der Waals surface area contributed by atoms with Gasteiger partial charge in [-0.2, -0.15) is 0 Å². The molecular formula is C21H27N3O. The number of aromatic nitrogens is 1. The van der Waals surface area contributed by atoms with Crippen molar-refractivity contribution >= 4 is 11.5 Å². The molecule has 1 atom stereocenters. The van der Waals surface area contributed by atoms with Crippen molar-refractivity contribution in [1.82, 2.24) is 4.98 Å². The van der Waals surface area contributed by atoms with E-state index < -0.39 is 0 Å². The van der Waals surface area contributed by atoms with Gasteiger partial charge in [-0.25, -0.2) is 4.98 Å². The number of hydrogen-bond donors (Lipinski definition) is 1. The summed E-state index contributed by atoms with van der Waals surface area (Å²) in [6, 6.07) is 11.5. The van der Waals surface area contributed by atoms with Crippen LogP contribution >= 0.6 is 0 Å². The Kier molecular flexibility index (Phi) is 4.88. The minimum atomic E-state index is 0.281. The fraction of sp³-hybridized carbons (Fsp3) is 0.476.